The van der Waals surface area contributed by atoms with Crippen molar-refractivity contribution in [2.24, 2.45) is 17.8 Å². The molecule has 0 unspecified atom stereocenters. The van der Waals surface area contributed by atoms with E-state index in [-0.39, 0.29) is 36.2 Å². The number of amides is 2. The number of likely N-dealkylation sites (tertiary alicyclic amines) is 1. The second-order valence-electron chi connectivity index (χ2n) is 8.12. The number of nitrogens with one attached hydrogen (secondary N) is 1. The Labute approximate surface area is 178 Å². The van der Waals surface area contributed by atoms with E-state index in [4.69, 9.17) is 9.47 Å². The van der Waals surface area contributed by atoms with Crippen LogP contribution < -0.4 is 10.1 Å². The van der Waals surface area contributed by atoms with E-state index < -0.39 is 5.92 Å². The highest BCUT2D eigenvalue weighted by Gasteiger charge is 2.36. The van der Waals surface area contributed by atoms with E-state index in [2.05, 4.69) is 5.32 Å². The Balaban J connectivity index is 1.48. The number of benzene rings is 1. The fourth-order valence-corrected chi connectivity index (χ4v) is 3.90. The molecule has 164 valence electrons. The summed E-state index contributed by atoms with van der Waals surface area (Å²) in [5.74, 6) is 0.304. The zero-order chi connectivity index (χ0) is 21.5. The Morgan fingerprint density at radius 2 is 1.73 bits per heavy atom. The van der Waals surface area contributed by atoms with Crippen molar-refractivity contribution in [3.63, 3.8) is 0 Å². The Bertz CT molecular complexity index is 736. The number of carbonyl (C=O) groups is 3. The van der Waals surface area contributed by atoms with Gasteiger partial charge >= 0.3 is 5.97 Å². The van der Waals surface area contributed by atoms with Gasteiger partial charge in [0.05, 0.1) is 19.6 Å². The van der Waals surface area contributed by atoms with Crippen LogP contribution in [-0.4, -0.2) is 56.0 Å². The van der Waals surface area contributed by atoms with Gasteiger partial charge in [-0.15, -0.1) is 0 Å². The van der Waals surface area contributed by atoms with Crippen molar-refractivity contribution < 1.29 is 23.9 Å². The summed E-state index contributed by atoms with van der Waals surface area (Å²) < 4.78 is 10.4. The molecule has 7 heteroatoms. The van der Waals surface area contributed by atoms with Gasteiger partial charge in [-0.05, 0) is 56.7 Å². The molecule has 2 aliphatic rings. The maximum absolute atomic E-state index is 12.6. The molecule has 0 spiro atoms. The number of ether oxygens (including phenoxy) is 2. The summed E-state index contributed by atoms with van der Waals surface area (Å²) in [4.78, 5) is 38.9. The van der Waals surface area contributed by atoms with E-state index in [9.17, 15) is 14.4 Å². The summed E-state index contributed by atoms with van der Waals surface area (Å²) in [5, 5.41) is 2.93. The summed E-state index contributed by atoms with van der Waals surface area (Å²) in [7, 11) is 1.36. The van der Waals surface area contributed by atoms with Crippen LogP contribution in [-0.2, 0) is 25.5 Å². The molecule has 0 aromatic heterocycles. The Kier molecular flexibility index (Phi) is 7.71. The zero-order valence-corrected chi connectivity index (χ0v) is 17.9. The van der Waals surface area contributed by atoms with Gasteiger partial charge in [-0.1, -0.05) is 12.1 Å². The van der Waals surface area contributed by atoms with Gasteiger partial charge in [-0.3, -0.25) is 14.4 Å². The molecule has 3 rings (SSSR count). The first-order valence-corrected chi connectivity index (χ1v) is 10.9. The Hall–Kier alpha value is -2.57. The second kappa shape index (κ2) is 10.5. The van der Waals surface area contributed by atoms with Crippen molar-refractivity contribution >= 4 is 17.8 Å². The molecule has 7 nitrogen and oxygen atoms in total. The number of hydrogen-bond acceptors (Lipinski definition) is 5. The van der Waals surface area contributed by atoms with Gasteiger partial charge in [0.25, 0.3) is 0 Å². The highest BCUT2D eigenvalue weighted by molar-refractivity contribution is 5.82. The quantitative estimate of drug-likeness (QED) is 0.624. The largest absolute Gasteiger partial charge is 0.494 e. The van der Waals surface area contributed by atoms with Crippen molar-refractivity contribution in [1.29, 1.82) is 0 Å². The van der Waals surface area contributed by atoms with Crippen molar-refractivity contribution in [2.45, 2.75) is 39.0 Å². The van der Waals surface area contributed by atoms with E-state index in [0.29, 0.717) is 39.0 Å². The topological polar surface area (TPSA) is 84.9 Å². The molecule has 2 fully saturated rings. The lowest BCUT2D eigenvalue weighted by Gasteiger charge is -2.31. The second-order valence-corrected chi connectivity index (χ2v) is 8.12. The van der Waals surface area contributed by atoms with Crippen molar-refractivity contribution in [2.75, 3.05) is 33.4 Å². The first-order chi connectivity index (χ1) is 14.5. The number of carbonyl (C=O) groups excluding carboxylic acids is 3. The first kappa shape index (κ1) is 22.1. The minimum atomic E-state index is -0.451. The molecule has 1 aromatic rings. The predicted octanol–water partition coefficient (Wildman–Crippen LogP) is 2.18. The molecular weight excluding hydrogens is 384 g/mol. The molecule has 2 amide bonds. The average Bonchev–Trinajstić information content (AvgIpc) is 3.62. The predicted molar refractivity (Wildman–Crippen MR) is 112 cm³/mol. The van der Waals surface area contributed by atoms with E-state index in [1.807, 2.05) is 36.1 Å². The molecule has 1 aliphatic heterocycles. The summed E-state index contributed by atoms with van der Waals surface area (Å²) >= 11 is 0. The molecule has 1 saturated heterocycles. The van der Waals surface area contributed by atoms with Crippen molar-refractivity contribution in [3.8, 4) is 5.75 Å². The zero-order valence-electron chi connectivity index (χ0n) is 17.9. The fraction of sp³-hybridized carbons (Fsp3) is 0.609. The van der Waals surface area contributed by atoms with Crippen LogP contribution in [0.2, 0.25) is 0 Å². The molecular formula is C23H32N2O5. The van der Waals surface area contributed by atoms with Crippen LogP contribution in [0.3, 0.4) is 0 Å². The first-order valence-electron chi connectivity index (χ1n) is 10.9. The molecule has 0 radical (unpaired) electrons. The Morgan fingerprint density at radius 1 is 1.07 bits per heavy atom. The normalized spacial score (nSPS) is 17.9. The van der Waals surface area contributed by atoms with Crippen LogP contribution in [0.15, 0.2) is 24.3 Å². The summed E-state index contributed by atoms with van der Waals surface area (Å²) in [5.41, 5.74) is 0.981. The molecule has 0 bridgehead atoms. The minimum Gasteiger partial charge on any atom is -0.494 e. The third-order valence-corrected chi connectivity index (χ3v) is 5.88. The molecule has 1 atom stereocenters. The number of hydrogen-bond donors (Lipinski definition) is 1. The number of rotatable bonds is 9. The fourth-order valence-electron chi connectivity index (χ4n) is 3.90. The standard InChI is InChI=1S/C23H32N2O5/c1-3-30-20-8-4-16(5-9-20)14-19(23(28)29-2)15-24-21(26)17-10-12-25(13-11-17)22(27)18-6-7-18/h4-5,8-9,17-19H,3,6-7,10-15H2,1-2H3,(H,24,26)/t19-/m0/s1. The third kappa shape index (κ3) is 5.97. The van der Waals surface area contributed by atoms with Crippen LogP contribution in [0, 0.1) is 17.8 Å². The number of methoxy groups -OCH3 is 1. The lowest BCUT2D eigenvalue weighted by Crippen LogP contribution is -2.45. The summed E-state index contributed by atoms with van der Waals surface area (Å²) in [6.07, 6.45) is 3.83. The smallest absolute Gasteiger partial charge is 0.310 e. The minimum absolute atomic E-state index is 0.0471. The van der Waals surface area contributed by atoms with Gasteiger partial charge < -0.3 is 19.7 Å². The number of esters is 1. The van der Waals surface area contributed by atoms with Crippen molar-refractivity contribution in [3.05, 3.63) is 29.8 Å². The van der Waals surface area contributed by atoms with Crippen LogP contribution in [0.5, 0.6) is 5.75 Å². The maximum atomic E-state index is 12.6. The van der Waals surface area contributed by atoms with Crippen LogP contribution in [0.25, 0.3) is 0 Å². The molecule has 1 aliphatic carbocycles. The lowest BCUT2D eigenvalue weighted by molar-refractivity contribution is -0.145. The molecule has 1 heterocycles. The van der Waals surface area contributed by atoms with Crippen molar-refractivity contribution in [1.82, 2.24) is 10.2 Å². The van der Waals surface area contributed by atoms with Crippen LogP contribution in [0.4, 0.5) is 0 Å². The van der Waals surface area contributed by atoms with Gasteiger partial charge in [-0.25, -0.2) is 0 Å². The monoisotopic (exact) mass is 416 g/mol. The number of piperidine rings is 1. The molecule has 1 aromatic carbocycles. The van der Waals surface area contributed by atoms with Crippen LogP contribution >= 0.6 is 0 Å². The maximum Gasteiger partial charge on any atom is 0.310 e. The molecule has 1 N–H and O–H groups in total. The van der Waals surface area contributed by atoms with E-state index in [1.54, 1.807) is 0 Å². The molecule has 1 saturated carbocycles. The van der Waals surface area contributed by atoms with Gasteiger partial charge in [0.1, 0.15) is 5.75 Å². The highest BCUT2D eigenvalue weighted by atomic mass is 16.5. The Morgan fingerprint density at radius 3 is 2.30 bits per heavy atom. The summed E-state index contributed by atoms with van der Waals surface area (Å²) in [6, 6.07) is 7.61. The summed E-state index contributed by atoms with van der Waals surface area (Å²) in [6.45, 7) is 4.04. The third-order valence-electron chi connectivity index (χ3n) is 5.88. The van der Waals surface area contributed by atoms with E-state index in [1.165, 1.54) is 7.11 Å². The lowest BCUT2D eigenvalue weighted by atomic mass is 9.94. The van der Waals surface area contributed by atoms with Gasteiger partial charge in [0, 0.05) is 31.5 Å². The molecule has 30 heavy (non-hydrogen) atoms. The van der Waals surface area contributed by atoms with E-state index in [0.717, 1.165) is 24.2 Å². The average molecular weight is 417 g/mol. The van der Waals surface area contributed by atoms with E-state index >= 15 is 0 Å². The SMILES string of the molecule is CCOc1ccc(C[C@@H](CNC(=O)C2CCN(C(=O)C3CC3)CC2)C(=O)OC)cc1. The van der Waals surface area contributed by atoms with Gasteiger partial charge in [0.2, 0.25) is 11.8 Å². The van der Waals surface area contributed by atoms with Gasteiger partial charge in [-0.2, -0.15) is 0 Å². The highest BCUT2D eigenvalue weighted by Crippen LogP contribution is 2.32. The number of nitrogens with zero attached hydrogens (tertiary/aromatic N) is 1. The van der Waals surface area contributed by atoms with Crippen LogP contribution in [0.1, 0.15) is 38.2 Å². The van der Waals surface area contributed by atoms with Gasteiger partial charge in [0.15, 0.2) is 0 Å².